The smallest absolute Gasteiger partial charge is 0.253 e. The van der Waals surface area contributed by atoms with E-state index in [0.29, 0.717) is 31.3 Å². The van der Waals surface area contributed by atoms with Crippen molar-refractivity contribution < 1.29 is 18.1 Å². The Morgan fingerprint density at radius 1 is 1.24 bits per heavy atom. The van der Waals surface area contributed by atoms with E-state index >= 15 is 0 Å². The molecule has 2 aliphatic rings. The van der Waals surface area contributed by atoms with Gasteiger partial charge in [-0.2, -0.15) is 4.98 Å². The van der Waals surface area contributed by atoms with Crippen molar-refractivity contribution in [3.8, 4) is 0 Å². The van der Waals surface area contributed by atoms with Gasteiger partial charge in [-0.3, -0.25) is 4.79 Å². The number of nitrogens with zero attached hydrogens (tertiary/aromatic N) is 3. The Morgan fingerprint density at radius 2 is 2.08 bits per heavy atom. The van der Waals surface area contributed by atoms with Crippen molar-refractivity contribution in [2.24, 2.45) is 5.92 Å². The number of piperidine rings is 1. The molecule has 1 amide bonds. The molecule has 132 valence electrons. The number of hydrogen-bond acceptors (Lipinski definition) is 4. The molecule has 0 N–H and O–H groups in total. The summed E-state index contributed by atoms with van der Waals surface area (Å²) in [6.45, 7) is 1.17. The molecule has 2 fully saturated rings. The molecule has 1 aliphatic carbocycles. The second-order valence-electron chi connectivity index (χ2n) is 6.91. The molecule has 2 aromatic rings. The zero-order valence-corrected chi connectivity index (χ0v) is 13.8. The summed E-state index contributed by atoms with van der Waals surface area (Å²) in [4.78, 5) is 18.7. The fraction of sp³-hybridized carbons (Fsp3) is 0.500. The van der Waals surface area contributed by atoms with Crippen LogP contribution in [-0.2, 0) is 6.42 Å². The normalized spacial score (nSPS) is 20.7. The minimum Gasteiger partial charge on any atom is -0.339 e. The molecule has 5 nitrogen and oxygen atoms in total. The van der Waals surface area contributed by atoms with E-state index < -0.39 is 11.6 Å². The maximum atomic E-state index is 13.4. The lowest BCUT2D eigenvalue weighted by molar-refractivity contribution is 0.0667. The van der Waals surface area contributed by atoms with E-state index in [2.05, 4.69) is 10.1 Å². The van der Waals surface area contributed by atoms with Crippen molar-refractivity contribution in [2.75, 3.05) is 13.1 Å². The molecule has 1 atom stereocenters. The molecular formula is C18H19F2N3O2. The van der Waals surface area contributed by atoms with Crippen molar-refractivity contribution >= 4 is 5.91 Å². The van der Waals surface area contributed by atoms with E-state index in [4.69, 9.17) is 4.52 Å². The highest BCUT2D eigenvalue weighted by Gasteiger charge is 2.30. The molecule has 1 aromatic heterocycles. The summed E-state index contributed by atoms with van der Waals surface area (Å²) < 4.78 is 31.7. The third-order valence-corrected chi connectivity index (χ3v) is 4.86. The Hall–Kier alpha value is -2.31. The predicted octanol–water partition coefficient (Wildman–Crippen LogP) is 3.32. The van der Waals surface area contributed by atoms with Crippen LogP contribution in [0.2, 0.25) is 0 Å². The Kier molecular flexibility index (Phi) is 4.23. The SMILES string of the molecule is O=C(c1ccc(F)c(F)c1)N1CCCC(Cc2nc(C3CC3)no2)C1. The summed E-state index contributed by atoms with van der Waals surface area (Å²) in [5.74, 6) is -0.123. The fourth-order valence-corrected chi connectivity index (χ4v) is 3.33. The monoisotopic (exact) mass is 347 g/mol. The first-order valence-corrected chi connectivity index (χ1v) is 8.67. The minimum atomic E-state index is -1.00. The van der Waals surface area contributed by atoms with E-state index in [1.54, 1.807) is 4.90 Å². The Balaban J connectivity index is 1.40. The first-order chi connectivity index (χ1) is 12.1. The lowest BCUT2D eigenvalue weighted by Crippen LogP contribution is -2.40. The lowest BCUT2D eigenvalue weighted by Gasteiger charge is -2.32. The first kappa shape index (κ1) is 16.2. The van der Waals surface area contributed by atoms with Gasteiger partial charge in [0.25, 0.3) is 5.91 Å². The molecule has 1 aromatic carbocycles. The van der Waals surface area contributed by atoms with Crippen molar-refractivity contribution in [2.45, 2.75) is 38.0 Å². The highest BCUT2D eigenvalue weighted by Crippen LogP contribution is 2.38. The van der Waals surface area contributed by atoms with Gasteiger partial charge in [-0.15, -0.1) is 0 Å². The van der Waals surface area contributed by atoms with Crippen LogP contribution in [0.5, 0.6) is 0 Å². The number of amides is 1. The van der Waals surface area contributed by atoms with Crippen LogP contribution in [0.4, 0.5) is 8.78 Å². The second-order valence-corrected chi connectivity index (χ2v) is 6.91. The molecule has 1 unspecified atom stereocenters. The van der Waals surface area contributed by atoms with E-state index in [0.717, 1.165) is 43.6 Å². The first-order valence-electron chi connectivity index (χ1n) is 8.67. The van der Waals surface area contributed by atoms with Crippen LogP contribution < -0.4 is 0 Å². The van der Waals surface area contributed by atoms with Crippen molar-refractivity contribution in [1.82, 2.24) is 15.0 Å². The lowest BCUT2D eigenvalue weighted by atomic mass is 9.94. The Morgan fingerprint density at radius 3 is 2.84 bits per heavy atom. The average molecular weight is 347 g/mol. The van der Waals surface area contributed by atoms with Gasteiger partial charge in [0.15, 0.2) is 17.5 Å². The second kappa shape index (κ2) is 6.54. The third-order valence-electron chi connectivity index (χ3n) is 4.86. The quantitative estimate of drug-likeness (QED) is 0.851. The summed E-state index contributed by atoms with van der Waals surface area (Å²) in [6, 6.07) is 3.27. The van der Waals surface area contributed by atoms with E-state index in [-0.39, 0.29) is 17.4 Å². The molecule has 1 aliphatic heterocycles. The number of halogens is 2. The molecule has 4 rings (SSSR count). The van der Waals surface area contributed by atoms with Crippen molar-refractivity contribution in [3.05, 3.63) is 47.1 Å². The summed E-state index contributed by atoms with van der Waals surface area (Å²) >= 11 is 0. The van der Waals surface area contributed by atoms with Gasteiger partial charge in [0, 0.05) is 31.0 Å². The summed E-state index contributed by atoms with van der Waals surface area (Å²) in [5.41, 5.74) is 0.174. The van der Waals surface area contributed by atoms with Crippen LogP contribution in [-0.4, -0.2) is 34.0 Å². The van der Waals surface area contributed by atoms with Crippen LogP contribution in [0, 0.1) is 17.6 Å². The zero-order valence-electron chi connectivity index (χ0n) is 13.8. The van der Waals surface area contributed by atoms with E-state index in [9.17, 15) is 13.6 Å². The third kappa shape index (κ3) is 3.55. The van der Waals surface area contributed by atoms with Gasteiger partial charge >= 0.3 is 0 Å². The number of carbonyl (C=O) groups excluding carboxylic acids is 1. The molecule has 0 bridgehead atoms. The molecule has 25 heavy (non-hydrogen) atoms. The molecule has 2 heterocycles. The molecular weight excluding hydrogens is 328 g/mol. The van der Waals surface area contributed by atoms with Gasteiger partial charge in [-0.05, 0) is 49.8 Å². The van der Waals surface area contributed by atoms with E-state index in [1.807, 2.05) is 0 Å². The number of aromatic nitrogens is 2. The zero-order chi connectivity index (χ0) is 17.4. The maximum Gasteiger partial charge on any atom is 0.253 e. The summed E-state index contributed by atoms with van der Waals surface area (Å²) in [5, 5.41) is 4.02. The predicted molar refractivity (Wildman–Crippen MR) is 85.0 cm³/mol. The average Bonchev–Trinajstić information content (AvgIpc) is 3.37. The Bertz CT molecular complexity index is 788. The fourth-order valence-electron chi connectivity index (χ4n) is 3.33. The van der Waals surface area contributed by atoms with Crippen molar-refractivity contribution in [1.29, 1.82) is 0 Å². The molecule has 7 heteroatoms. The molecule has 1 saturated carbocycles. The summed E-state index contributed by atoms with van der Waals surface area (Å²) in [7, 11) is 0. The van der Waals surface area contributed by atoms with Crippen molar-refractivity contribution in [3.63, 3.8) is 0 Å². The van der Waals surface area contributed by atoms with Gasteiger partial charge in [0.2, 0.25) is 5.89 Å². The standard InChI is InChI=1S/C18H19F2N3O2/c19-14-6-5-13(9-15(14)20)18(24)23-7-1-2-11(10-23)8-16-21-17(22-25-16)12-3-4-12/h5-6,9,11-12H,1-4,7-8,10H2. The van der Waals surface area contributed by atoms with Crippen LogP contribution >= 0.6 is 0 Å². The topological polar surface area (TPSA) is 59.2 Å². The molecule has 0 spiro atoms. The van der Waals surface area contributed by atoms with Crippen LogP contribution in [0.15, 0.2) is 22.7 Å². The summed E-state index contributed by atoms with van der Waals surface area (Å²) in [6.07, 6.45) is 4.73. The number of hydrogen-bond donors (Lipinski definition) is 0. The molecule has 1 saturated heterocycles. The van der Waals surface area contributed by atoms with Gasteiger partial charge in [0.05, 0.1) is 0 Å². The van der Waals surface area contributed by atoms with Gasteiger partial charge in [-0.1, -0.05) is 5.16 Å². The number of likely N-dealkylation sites (tertiary alicyclic amines) is 1. The minimum absolute atomic E-state index is 0.174. The van der Waals surface area contributed by atoms with Crippen LogP contribution in [0.1, 0.15) is 53.7 Å². The maximum absolute atomic E-state index is 13.4. The van der Waals surface area contributed by atoms with E-state index in [1.165, 1.54) is 6.07 Å². The Labute approximate surface area is 144 Å². The highest BCUT2D eigenvalue weighted by atomic mass is 19.2. The van der Waals surface area contributed by atoms with Gasteiger partial charge < -0.3 is 9.42 Å². The highest BCUT2D eigenvalue weighted by molar-refractivity contribution is 5.94. The number of benzene rings is 1. The largest absolute Gasteiger partial charge is 0.339 e. The number of carbonyl (C=O) groups is 1. The van der Waals surface area contributed by atoms with Gasteiger partial charge in [-0.25, -0.2) is 8.78 Å². The van der Waals surface area contributed by atoms with Gasteiger partial charge in [0.1, 0.15) is 0 Å². The van der Waals surface area contributed by atoms with Crippen LogP contribution in [0.25, 0.3) is 0 Å². The number of rotatable bonds is 4. The molecule has 0 radical (unpaired) electrons. The van der Waals surface area contributed by atoms with Crippen LogP contribution in [0.3, 0.4) is 0 Å².